The second kappa shape index (κ2) is 48.0. The number of hydrogen-bond acceptors (Lipinski definition) is 29. The zero-order valence-electron chi connectivity index (χ0n) is 78.0. The van der Waals surface area contributed by atoms with Gasteiger partial charge < -0.3 is 54.8 Å². The molecule has 7 aromatic heterocycles. The lowest BCUT2D eigenvalue weighted by Gasteiger charge is -2.39. The van der Waals surface area contributed by atoms with Crippen LogP contribution in [0.5, 0.6) is 0 Å². The number of allylic oxidation sites excluding steroid dienone is 1. The van der Waals surface area contributed by atoms with Gasteiger partial charge in [0.1, 0.15) is 46.0 Å². The van der Waals surface area contributed by atoms with E-state index in [1.54, 1.807) is 56.5 Å². The number of benzene rings is 1. The molecule has 4 atom stereocenters. The lowest BCUT2D eigenvalue weighted by atomic mass is 9.76. The van der Waals surface area contributed by atoms with Crippen molar-refractivity contribution in [3.05, 3.63) is 167 Å². The van der Waals surface area contributed by atoms with E-state index in [-0.39, 0.29) is 87.8 Å². The third-order valence-corrected chi connectivity index (χ3v) is 28.7. The van der Waals surface area contributed by atoms with Crippen LogP contribution >= 0.6 is 23.4 Å². The van der Waals surface area contributed by atoms with Gasteiger partial charge in [-0.15, -0.1) is 15.3 Å². The van der Waals surface area contributed by atoms with E-state index in [0.29, 0.717) is 137 Å². The average molecular weight is 1910 g/mol. The maximum atomic E-state index is 12.5. The standard InChI is InChI=1S/C17H21ClN4O2.C17H27N5O2S.C15H21N5O2.C15H17N5O2.C15H21N5O.C13H22N2O4S/c1-13(23)21-7-6-20(11-15(24)12-21)9-14-8-19-22(10-14)17-5-3-2-4-16(17)18;1-4-14-18-16(20-19-14)25-10-15(24)22-7-5-17(6-8-22)9-13(12(2)23)21(3)11-17;1-11(21)14-10-20(18-17-14)9-12-4-7-19(8-5-12)15(22)13-3-2-6-16-13;1-11(21)13-14(18-10-17-13)15(22)20-8-6-19(7-9-20)12-4-2-3-5-16-12;21-9-5-14-12-20(18-17-14)15-3-7-19(8-4-15)11-13-2-1-6-16-10-13;1-10(16)12-8-13(9-15(12)11(2)17)4-6-14(7-5-13)20(3,18)19/h2-5,8,10,15,24H,6-7,9,11-12H2,1H3;13H,4-11H2,1-3H3,(H,18,19,20);3,6,10-12,21H,2,4-5,7-9H2,1H3;2-5,10,21H,1,6-9H2,(H,17,18);1-2,6,10,12,15,21H,3-5,7-9,11H2;12H,4-9H2,1-3H3. The Morgan fingerprint density at radius 3 is 2.00 bits per heavy atom. The minimum atomic E-state index is -3.15. The minimum absolute atomic E-state index is 0.00226. The van der Waals surface area contributed by atoms with Crippen molar-refractivity contribution in [3.63, 3.8) is 0 Å². The number of anilines is 1. The number of likely N-dealkylation sites (N-methyl/N-ethyl adjacent to an activating group) is 1. The number of para-hydroxylation sites is 1. The number of aliphatic hydroxyl groups is 4. The third kappa shape index (κ3) is 28.4. The summed E-state index contributed by atoms with van der Waals surface area (Å²) in [5.41, 5.74) is 5.78. The molecule has 0 bridgehead atoms. The topological polar surface area (TPSA) is 455 Å². The summed E-state index contributed by atoms with van der Waals surface area (Å²) < 4.78 is 30.1. The summed E-state index contributed by atoms with van der Waals surface area (Å²) in [7, 11) is -1.11. The van der Waals surface area contributed by atoms with E-state index in [1.165, 1.54) is 55.0 Å². The monoisotopic (exact) mass is 1900 g/mol. The van der Waals surface area contributed by atoms with Crippen LogP contribution in [0.2, 0.25) is 5.02 Å². The maximum Gasteiger partial charge on any atom is 0.272 e. The Morgan fingerprint density at radius 1 is 0.709 bits per heavy atom. The lowest BCUT2D eigenvalue weighted by Crippen LogP contribution is -2.49. The number of aliphatic hydroxyl groups excluding tert-OH is 4. The predicted molar refractivity (Wildman–Crippen MR) is 505 cm³/mol. The molecule has 4 unspecified atom stereocenters. The van der Waals surface area contributed by atoms with Crippen LogP contribution in [0, 0.1) is 16.7 Å². The van der Waals surface area contributed by atoms with Crippen molar-refractivity contribution in [2.75, 3.05) is 148 Å². The fraction of sp³-hybridized carbons (Fsp3) is 0.565. The molecule has 16 heterocycles. The molecule has 2 spiro atoms. The zero-order valence-corrected chi connectivity index (χ0v) is 80.4. The first-order valence-corrected chi connectivity index (χ1v) is 49.3. The molecule has 8 aromatic rings. The highest BCUT2D eigenvalue weighted by Crippen LogP contribution is 2.45. The summed E-state index contributed by atoms with van der Waals surface area (Å²) in [6.07, 6.45) is 29.4. The number of thioether (sulfide) groups is 1. The number of halogens is 1. The van der Waals surface area contributed by atoms with Crippen LogP contribution < -0.4 is 4.90 Å². The van der Waals surface area contributed by atoms with Gasteiger partial charge in [-0.3, -0.25) is 68.0 Å². The number of nitrogens with one attached hydrogen (secondary N) is 2. The number of aromatic nitrogens is 15. The second-order valence-corrected chi connectivity index (χ2v) is 39.4. The summed E-state index contributed by atoms with van der Waals surface area (Å²) in [5, 5.41) is 66.9. The van der Waals surface area contributed by atoms with Crippen LogP contribution in [0.4, 0.5) is 5.82 Å². The van der Waals surface area contributed by atoms with Crippen LogP contribution in [0.1, 0.15) is 169 Å². The number of imidazole rings is 1. The second-order valence-electron chi connectivity index (χ2n) is 36.1. The van der Waals surface area contributed by atoms with Gasteiger partial charge in [-0.1, -0.05) is 71.6 Å². The number of piperidine rings is 4. The SMILES string of the molecule is C=C(O)c1nc[nH]c1C(=O)N1CCN(c2ccccn2)CC1.CC(=O)C1CC2(CCN(S(C)(=O)=O)CC2)CN1C(C)=O.CC(=O)N1CCN(Cc2cnn(-c3ccccc3Cl)c2)CC(O)C1.CC(O)c1cn(CC2CCN(C(=O)C3=CCC=N3)CC2)nn1.CCc1nc(SCC(=O)N2CCC3(CC2)CC(C(C)=O)N(C)C3)n[nH]1.OCCc1cn(C2CCN(Cc3cccnc3)CC2)nn1. The number of ketones is 2. The van der Waals surface area contributed by atoms with Gasteiger partial charge in [0.15, 0.2) is 5.78 Å². The molecule has 134 heavy (non-hydrogen) atoms. The number of hydrogen-bond donors (Lipinski definition) is 6. The molecule has 6 N–H and O–H groups in total. The van der Waals surface area contributed by atoms with Crippen molar-refractivity contribution >= 4 is 92.3 Å². The maximum absolute atomic E-state index is 12.5. The number of aliphatic imine (C=N–C) groups is 1. The minimum Gasteiger partial charge on any atom is -0.506 e. The molecular weight excluding hydrogens is 1780 g/mol. The van der Waals surface area contributed by atoms with Crippen molar-refractivity contribution in [1.82, 2.24) is 118 Å². The number of likely N-dealkylation sites (tertiary alicyclic amines) is 5. The number of pyridine rings is 2. The number of β-amino-alcohol motifs (C(OH)–C–C–N with tert-alkyl or cyclic N) is 1. The first-order valence-electron chi connectivity index (χ1n) is 46.0. The summed E-state index contributed by atoms with van der Waals surface area (Å²) in [6.45, 7) is 28.5. The molecule has 42 heteroatoms. The Morgan fingerprint density at radius 2 is 1.40 bits per heavy atom. The smallest absolute Gasteiger partial charge is 0.272 e. The Labute approximate surface area is 791 Å². The number of sulfonamides is 1. The Kier molecular flexibility index (Phi) is 36.6. The highest BCUT2D eigenvalue weighted by molar-refractivity contribution is 7.99. The molecule has 9 aliphatic heterocycles. The molecule has 1 aromatic carbocycles. The van der Waals surface area contributed by atoms with Gasteiger partial charge in [0.2, 0.25) is 32.9 Å². The van der Waals surface area contributed by atoms with E-state index in [4.69, 9.17) is 16.7 Å². The highest BCUT2D eigenvalue weighted by Gasteiger charge is 2.50. The van der Waals surface area contributed by atoms with Gasteiger partial charge in [-0.05, 0) is 151 Å². The molecule has 0 radical (unpaired) electrons. The zero-order chi connectivity index (χ0) is 95.8. The van der Waals surface area contributed by atoms with Crippen molar-refractivity contribution in [3.8, 4) is 5.69 Å². The fourth-order valence-electron chi connectivity index (χ4n) is 18.6. The fourth-order valence-corrected chi connectivity index (χ4v) is 20.4. The van der Waals surface area contributed by atoms with E-state index in [9.17, 15) is 57.3 Å². The van der Waals surface area contributed by atoms with Gasteiger partial charge in [-0.2, -0.15) is 5.10 Å². The van der Waals surface area contributed by atoms with Crippen LogP contribution in [-0.2, 0) is 71.3 Å². The van der Waals surface area contributed by atoms with E-state index < -0.39 is 22.2 Å². The first-order chi connectivity index (χ1) is 64.2. The molecule has 9 aliphatic rings. The van der Waals surface area contributed by atoms with Crippen molar-refractivity contribution in [2.24, 2.45) is 21.7 Å². The molecular formula is C92H129ClN26O13S2. The number of Topliss-reactive ketones (excluding diaryl/α,β-unsaturated/α-hetero) is 2. The molecule has 0 aliphatic carbocycles. The van der Waals surface area contributed by atoms with Crippen molar-refractivity contribution in [2.45, 2.75) is 180 Å². The van der Waals surface area contributed by atoms with E-state index >= 15 is 0 Å². The first kappa shape index (κ1) is 102. The number of aromatic amines is 2. The number of nitrogens with zero attached hydrogens (tertiary/aromatic N) is 24. The van der Waals surface area contributed by atoms with Crippen molar-refractivity contribution in [1.29, 1.82) is 0 Å². The normalized spacial score (nSPS) is 20.3. The number of amides is 5. The van der Waals surface area contributed by atoms with Crippen LogP contribution in [0.25, 0.3) is 11.4 Å². The average Bonchev–Trinajstić information content (AvgIpc) is 1.62. The van der Waals surface area contributed by atoms with E-state index in [1.807, 2.05) is 114 Å². The molecule has 17 rings (SSSR count). The van der Waals surface area contributed by atoms with Gasteiger partial charge in [0.25, 0.3) is 11.8 Å². The molecule has 8 fully saturated rings. The predicted octanol–water partition coefficient (Wildman–Crippen LogP) is 6.42. The van der Waals surface area contributed by atoms with E-state index in [0.717, 1.165) is 152 Å². The Bertz CT molecular complexity index is 5370. The summed E-state index contributed by atoms with van der Waals surface area (Å²) in [6, 6.07) is 17.6. The summed E-state index contributed by atoms with van der Waals surface area (Å²) in [4.78, 5) is 125. The van der Waals surface area contributed by atoms with Gasteiger partial charge >= 0.3 is 0 Å². The highest BCUT2D eigenvalue weighted by atomic mass is 35.5. The van der Waals surface area contributed by atoms with Crippen LogP contribution in [-0.4, -0.2) is 356 Å². The molecule has 8 saturated heterocycles. The molecule has 5 amide bonds. The summed E-state index contributed by atoms with van der Waals surface area (Å²) in [5.74, 6) is 2.63. The van der Waals surface area contributed by atoms with Gasteiger partial charge in [0, 0.05) is 220 Å². The number of H-pyrrole nitrogens is 2. The molecule has 39 nitrogen and oxygen atoms in total. The Balaban J connectivity index is 0.000000145. The largest absolute Gasteiger partial charge is 0.506 e. The lowest BCUT2D eigenvalue weighted by molar-refractivity contribution is -0.135. The van der Waals surface area contributed by atoms with Crippen LogP contribution in [0.15, 0.2) is 133 Å². The number of rotatable bonds is 22. The third-order valence-electron chi connectivity index (χ3n) is 26.2. The molecule has 724 valence electrons. The van der Waals surface area contributed by atoms with Crippen molar-refractivity contribution < 1.29 is 62.4 Å². The molecule has 0 saturated carbocycles. The summed E-state index contributed by atoms with van der Waals surface area (Å²) >= 11 is 7.59. The van der Waals surface area contributed by atoms with Crippen LogP contribution in [0.3, 0.4) is 0 Å². The number of carbonyl (C=O) groups excluding carboxylic acids is 7. The number of carbonyl (C=O) groups is 7. The Hall–Kier alpha value is -10.9. The number of aryl methyl sites for hydroxylation is 1. The van der Waals surface area contributed by atoms with Gasteiger partial charge in [0.05, 0.1) is 77.5 Å². The quantitative estimate of drug-likeness (QED) is 0.0315. The van der Waals surface area contributed by atoms with E-state index in [2.05, 4.69) is 98.1 Å². The van der Waals surface area contributed by atoms with Gasteiger partial charge in [-0.25, -0.2) is 37.0 Å². The number of piperazine rings is 1.